The third-order valence-corrected chi connectivity index (χ3v) is 3.67. The molecule has 3 rings (SSSR count). The molecule has 4 heteroatoms. The minimum absolute atomic E-state index is 0.126. The normalized spacial score (nSPS) is 16.2. The van der Waals surface area contributed by atoms with Gasteiger partial charge in [-0.25, -0.2) is 0 Å². The summed E-state index contributed by atoms with van der Waals surface area (Å²) in [6, 6.07) is 5.81. The Bertz CT molecular complexity index is 555. The summed E-state index contributed by atoms with van der Waals surface area (Å²) >= 11 is 0. The summed E-state index contributed by atoms with van der Waals surface area (Å²) in [6.45, 7) is 0. The number of rotatable bonds is 3. The van der Waals surface area contributed by atoms with Crippen LogP contribution in [-0.4, -0.2) is 16.1 Å². The van der Waals surface area contributed by atoms with E-state index in [1.54, 1.807) is 6.20 Å². The Balaban J connectivity index is 1.65. The highest BCUT2D eigenvalue weighted by Crippen LogP contribution is 2.28. The van der Waals surface area contributed by atoms with Crippen LogP contribution in [0, 0.1) is 5.92 Å². The van der Waals surface area contributed by atoms with E-state index in [1.807, 2.05) is 18.2 Å². The summed E-state index contributed by atoms with van der Waals surface area (Å²) in [5.74, 6) is 0.710. The van der Waals surface area contributed by atoms with Gasteiger partial charge in [0.15, 0.2) is 0 Å². The molecule has 0 unspecified atom stereocenters. The lowest BCUT2D eigenvalue weighted by atomic mass is 10.0. The van der Waals surface area contributed by atoms with Gasteiger partial charge in [0.1, 0.15) is 0 Å². The van der Waals surface area contributed by atoms with Crippen LogP contribution < -0.4 is 5.32 Å². The summed E-state index contributed by atoms with van der Waals surface area (Å²) < 4.78 is 0. The first-order valence-electron chi connectivity index (χ1n) is 6.54. The number of fused-ring (bicyclic) bond motifs is 1. The second kappa shape index (κ2) is 4.80. The predicted molar refractivity (Wildman–Crippen MR) is 71.3 cm³/mol. The Hall–Kier alpha value is -1.84. The van der Waals surface area contributed by atoms with Crippen molar-refractivity contribution in [2.75, 3.05) is 5.32 Å². The van der Waals surface area contributed by atoms with Crippen molar-refractivity contribution in [3.8, 4) is 0 Å². The topological polar surface area (TPSA) is 57.8 Å². The maximum Gasteiger partial charge on any atom is 0.224 e. The van der Waals surface area contributed by atoms with Gasteiger partial charge in [0, 0.05) is 17.5 Å². The summed E-state index contributed by atoms with van der Waals surface area (Å²) in [4.78, 5) is 11.9. The SMILES string of the molecule is O=C(CC1CCCC1)Nc1ccc2cn[nH]c2c1. The smallest absolute Gasteiger partial charge is 0.224 e. The van der Waals surface area contributed by atoms with E-state index in [2.05, 4.69) is 15.5 Å². The molecule has 0 bridgehead atoms. The number of H-pyrrole nitrogens is 1. The van der Waals surface area contributed by atoms with Crippen molar-refractivity contribution >= 4 is 22.5 Å². The first-order valence-corrected chi connectivity index (χ1v) is 6.54. The van der Waals surface area contributed by atoms with Crippen molar-refractivity contribution in [3.05, 3.63) is 24.4 Å². The number of aromatic nitrogens is 2. The average molecular weight is 243 g/mol. The van der Waals surface area contributed by atoms with E-state index in [4.69, 9.17) is 0 Å². The Morgan fingerprint density at radius 3 is 3.06 bits per heavy atom. The van der Waals surface area contributed by atoms with Crippen molar-refractivity contribution in [3.63, 3.8) is 0 Å². The molecule has 1 aliphatic carbocycles. The monoisotopic (exact) mass is 243 g/mol. The number of nitrogens with one attached hydrogen (secondary N) is 2. The molecule has 1 aromatic carbocycles. The number of hydrogen-bond donors (Lipinski definition) is 2. The van der Waals surface area contributed by atoms with Gasteiger partial charge in [0.05, 0.1) is 11.7 Å². The highest BCUT2D eigenvalue weighted by atomic mass is 16.1. The third-order valence-electron chi connectivity index (χ3n) is 3.67. The molecule has 1 saturated carbocycles. The van der Waals surface area contributed by atoms with Gasteiger partial charge in [0.2, 0.25) is 5.91 Å². The highest BCUT2D eigenvalue weighted by molar-refractivity contribution is 5.93. The van der Waals surface area contributed by atoms with Crippen LogP contribution in [0.2, 0.25) is 0 Å². The van der Waals surface area contributed by atoms with E-state index in [9.17, 15) is 4.79 Å². The number of hydrogen-bond acceptors (Lipinski definition) is 2. The van der Waals surface area contributed by atoms with E-state index < -0.39 is 0 Å². The second-order valence-corrected chi connectivity index (χ2v) is 5.07. The van der Waals surface area contributed by atoms with Gasteiger partial charge in [-0.1, -0.05) is 12.8 Å². The molecule has 0 aliphatic heterocycles. The molecule has 0 atom stereocenters. The zero-order valence-electron chi connectivity index (χ0n) is 10.3. The first kappa shape index (κ1) is 11.3. The maximum atomic E-state index is 11.9. The molecule has 4 nitrogen and oxygen atoms in total. The Kier molecular flexibility index (Phi) is 3.00. The Labute approximate surface area is 106 Å². The quantitative estimate of drug-likeness (QED) is 0.870. The fourth-order valence-electron chi connectivity index (χ4n) is 2.70. The molecule has 1 aromatic heterocycles. The molecule has 0 radical (unpaired) electrons. The van der Waals surface area contributed by atoms with Crippen LogP contribution in [0.3, 0.4) is 0 Å². The lowest BCUT2D eigenvalue weighted by Gasteiger charge is -2.09. The van der Waals surface area contributed by atoms with Crippen molar-refractivity contribution in [1.82, 2.24) is 10.2 Å². The van der Waals surface area contributed by atoms with Gasteiger partial charge < -0.3 is 5.32 Å². The van der Waals surface area contributed by atoms with Crippen molar-refractivity contribution < 1.29 is 4.79 Å². The molecule has 2 aromatic rings. The van der Waals surface area contributed by atoms with Crippen LogP contribution in [0.25, 0.3) is 10.9 Å². The molecule has 1 heterocycles. The van der Waals surface area contributed by atoms with Gasteiger partial charge in [-0.05, 0) is 37.0 Å². The van der Waals surface area contributed by atoms with Crippen molar-refractivity contribution in [2.45, 2.75) is 32.1 Å². The van der Waals surface area contributed by atoms with Gasteiger partial charge in [-0.3, -0.25) is 9.89 Å². The maximum absolute atomic E-state index is 11.9. The number of carbonyl (C=O) groups is 1. The van der Waals surface area contributed by atoms with Crippen molar-refractivity contribution in [1.29, 1.82) is 0 Å². The zero-order chi connectivity index (χ0) is 12.4. The molecular weight excluding hydrogens is 226 g/mol. The van der Waals surface area contributed by atoms with E-state index in [0.29, 0.717) is 12.3 Å². The zero-order valence-corrected chi connectivity index (χ0v) is 10.3. The Morgan fingerprint density at radius 2 is 2.22 bits per heavy atom. The molecule has 18 heavy (non-hydrogen) atoms. The number of benzene rings is 1. The lowest BCUT2D eigenvalue weighted by molar-refractivity contribution is -0.117. The van der Waals surface area contributed by atoms with E-state index in [0.717, 1.165) is 16.6 Å². The second-order valence-electron chi connectivity index (χ2n) is 5.07. The fourth-order valence-corrected chi connectivity index (χ4v) is 2.70. The predicted octanol–water partition coefficient (Wildman–Crippen LogP) is 3.08. The number of amides is 1. The molecule has 0 saturated heterocycles. The third kappa shape index (κ3) is 2.37. The molecule has 94 valence electrons. The van der Waals surface area contributed by atoms with Crippen LogP contribution >= 0.6 is 0 Å². The highest BCUT2D eigenvalue weighted by Gasteiger charge is 2.18. The molecule has 2 N–H and O–H groups in total. The van der Waals surface area contributed by atoms with E-state index in [-0.39, 0.29) is 5.91 Å². The van der Waals surface area contributed by atoms with Crippen LogP contribution in [-0.2, 0) is 4.79 Å². The van der Waals surface area contributed by atoms with Gasteiger partial charge in [-0.2, -0.15) is 5.10 Å². The largest absolute Gasteiger partial charge is 0.326 e. The molecule has 0 spiro atoms. The Morgan fingerprint density at radius 1 is 1.39 bits per heavy atom. The summed E-state index contributed by atoms with van der Waals surface area (Å²) in [6.07, 6.45) is 7.39. The average Bonchev–Trinajstić information content (AvgIpc) is 2.98. The van der Waals surface area contributed by atoms with Crippen LogP contribution in [0.1, 0.15) is 32.1 Å². The van der Waals surface area contributed by atoms with Crippen LogP contribution in [0.5, 0.6) is 0 Å². The summed E-state index contributed by atoms with van der Waals surface area (Å²) in [5.41, 5.74) is 1.79. The van der Waals surface area contributed by atoms with Crippen LogP contribution in [0.15, 0.2) is 24.4 Å². The summed E-state index contributed by atoms with van der Waals surface area (Å²) in [7, 11) is 0. The first-order chi connectivity index (χ1) is 8.81. The standard InChI is InChI=1S/C14H17N3O/c18-14(7-10-3-1-2-4-10)16-12-6-5-11-9-15-17-13(11)8-12/h5-6,8-10H,1-4,7H2,(H,15,17)(H,16,18). The van der Waals surface area contributed by atoms with E-state index >= 15 is 0 Å². The number of aromatic amines is 1. The number of carbonyl (C=O) groups excluding carboxylic acids is 1. The lowest BCUT2D eigenvalue weighted by Crippen LogP contribution is -2.14. The fraction of sp³-hybridized carbons (Fsp3) is 0.429. The van der Waals surface area contributed by atoms with Gasteiger partial charge in [-0.15, -0.1) is 0 Å². The van der Waals surface area contributed by atoms with E-state index in [1.165, 1.54) is 25.7 Å². The van der Waals surface area contributed by atoms with Gasteiger partial charge in [0.25, 0.3) is 0 Å². The molecular formula is C14H17N3O. The summed E-state index contributed by atoms with van der Waals surface area (Å²) in [5, 5.41) is 10.9. The van der Waals surface area contributed by atoms with Crippen molar-refractivity contribution in [2.24, 2.45) is 5.92 Å². The number of nitrogens with zero attached hydrogens (tertiary/aromatic N) is 1. The van der Waals surface area contributed by atoms with Gasteiger partial charge >= 0.3 is 0 Å². The minimum Gasteiger partial charge on any atom is -0.326 e. The molecule has 1 amide bonds. The minimum atomic E-state index is 0.126. The van der Waals surface area contributed by atoms with Crippen LogP contribution in [0.4, 0.5) is 5.69 Å². The molecule has 1 aliphatic rings. The molecule has 1 fully saturated rings. The number of anilines is 1.